The van der Waals surface area contributed by atoms with Crippen LogP contribution in [0.5, 0.6) is 0 Å². The van der Waals surface area contributed by atoms with Crippen LogP contribution >= 0.6 is 23.2 Å². The van der Waals surface area contributed by atoms with Gasteiger partial charge in [0.05, 0.1) is 22.3 Å². The largest absolute Gasteiger partial charge is 0.433 e. The molecular weight excluding hydrogens is 564 g/mol. The monoisotopic (exact) mass is 580 g/mol. The zero-order valence-corrected chi connectivity index (χ0v) is 21.8. The van der Waals surface area contributed by atoms with E-state index in [0.29, 0.717) is 26.7 Å². The van der Waals surface area contributed by atoms with E-state index in [9.17, 15) is 18.0 Å². The van der Waals surface area contributed by atoms with Gasteiger partial charge in [0.15, 0.2) is 22.9 Å². The van der Waals surface area contributed by atoms with E-state index in [-0.39, 0.29) is 22.9 Å². The first-order valence-corrected chi connectivity index (χ1v) is 12.7. The molecule has 3 aromatic heterocycles. The first kappa shape index (κ1) is 25.8. The molecule has 7 nitrogen and oxygen atoms in total. The van der Waals surface area contributed by atoms with Crippen LogP contribution in [0.3, 0.4) is 0 Å². The van der Waals surface area contributed by atoms with E-state index in [1.807, 2.05) is 30.3 Å². The van der Waals surface area contributed by atoms with Crippen molar-refractivity contribution in [2.24, 2.45) is 0 Å². The Balaban J connectivity index is 1.29. The van der Waals surface area contributed by atoms with Gasteiger partial charge in [-0.3, -0.25) is 9.48 Å². The summed E-state index contributed by atoms with van der Waals surface area (Å²) in [6, 6.07) is 21.7. The fourth-order valence-corrected chi connectivity index (χ4v) is 4.63. The quantitative estimate of drug-likeness (QED) is 0.231. The van der Waals surface area contributed by atoms with Crippen LogP contribution in [0.25, 0.3) is 27.7 Å². The number of amides is 1. The fourth-order valence-electron chi connectivity index (χ4n) is 4.31. The number of fused-ring (bicyclic) bond motifs is 2. The molecule has 12 heteroatoms. The maximum Gasteiger partial charge on any atom is 0.433 e. The van der Waals surface area contributed by atoms with Crippen molar-refractivity contribution in [3.63, 3.8) is 0 Å². The van der Waals surface area contributed by atoms with Crippen LogP contribution in [-0.2, 0) is 12.7 Å². The van der Waals surface area contributed by atoms with E-state index in [0.717, 1.165) is 22.4 Å². The number of nitrogens with one attached hydrogen (secondary N) is 1. The van der Waals surface area contributed by atoms with Crippen LogP contribution in [0.2, 0.25) is 10.0 Å². The molecule has 1 amide bonds. The number of rotatable bonds is 5. The number of halogens is 5. The Morgan fingerprint density at radius 3 is 2.45 bits per heavy atom. The Kier molecular flexibility index (Phi) is 6.44. The smallest absolute Gasteiger partial charge is 0.304 e. The maximum atomic E-state index is 14.0. The van der Waals surface area contributed by atoms with Gasteiger partial charge in [0.25, 0.3) is 5.91 Å². The molecule has 0 saturated carbocycles. The Hall–Kier alpha value is -4.41. The van der Waals surface area contributed by atoms with E-state index in [2.05, 4.69) is 20.5 Å². The fraction of sp³-hybridized carbons (Fsp3) is 0.0714. The van der Waals surface area contributed by atoms with Crippen molar-refractivity contribution in [2.75, 3.05) is 5.32 Å². The van der Waals surface area contributed by atoms with Crippen LogP contribution in [0.1, 0.15) is 21.7 Å². The second-order valence-electron chi connectivity index (χ2n) is 8.99. The van der Waals surface area contributed by atoms with Gasteiger partial charge in [0.2, 0.25) is 0 Å². The molecule has 3 heterocycles. The molecule has 0 aliphatic heterocycles. The minimum absolute atomic E-state index is 0.110. The van der Waals surface area contributed by atoms with Gasteiger partial charge in [-0.1, -0.05) is 65.7 Å². The summed E-state index contributed by atoms with van der Waals surface area (Å²) in [5.41, 5.74) is 0.0418. The minimum atomic E-state index is -4.74. The third-order valence-electron chi connectivity index (χ3n) is 6.21. The molecule has 0 bridgehead atoms. The summed E-state index contributed by atoms with van der Waals surface area (Å²) in [6.07, 6.45) is -3.10. The number of carbonyl (C=O) groups excluding carboxylic acids is 1. The number of aromatic nitrogens is 5. The highest BCUT2D eigenvalue weighted by atomic mass is 35.5. The normalized spacial score (nSPS) is 11.8. The number of nitrogens with zero attached hydrogens (tertiary/aromatic N) is 5. The third kappa shape index (κ3) is 5.11. The zero-order valence-electron chi connectivity index (χ0n) is 20.3. The van der Waals surface area contributed by atoms with Gasteiger partial charge in [-0.15, -0.1) is 0 Å². The standard InChI is InChI=1S/C28H17Cl2F3N6O/c29-20-8-5-16(11-21(20)30)15-38-10-9-25(37-38)35-27(40)23-14-26-34-22(13-24(28(31,32)33)39(26)36-23)19-7-6-17-3-1-2-4-18(17)12-19/h1-14H,15H2,(H,35,37,40). The van der Waals surface area contributed by atoms with Gasteiger partial charge in [-0.2, -0.15) is 23.4 Å². The molecule has 0 radical (unpaired) electrons. The molecule has 40 heavy (non-hydrogen) atoms. The molecule has 0 fully saturated rings. The molecule has 1 N–H and O–H groups in total. The van der Waals surface area contributed by atoms with Gasteiger partial charge in [0.1, 0.15) is 0 Å². The molecule has 0 spiro atoms. The summed E-state index contributed by atoms with van der Waals surface area (Å²) in [4.78, 5) is 17.3. The van der Waals surface area contributed by atoms with E-state index < -0.39 is 17.8 Å². The van der Waals surface area contributed by atoms with Crippen LogP contribution in [0.15, 0.2) is 85.1 Å². The number of anilines is 1. The van der Waals surface area contributed by atoms with Crippen molar-refractivity contribution < 1.29 is 18.0 Å². The Morgan fingerprint density at radius 2 is 1.68 bits per heavy atom. The van der Waals surface area contributed by atoms with Crippen LogP contribution in [0, 0.1) is 0 Å². The number of carbonyl (C=O) groups is 1. The number of benzene rings is 3. The Labute approximate surface area is 234 Å². The summed E-state index contributed by atoms with van der Waals surface area (Å²) in [5, 5.41) is 13.4. The van der Waals surface area contributed by atoms with E-state index in [1.165, 1.54) is 6.07 Å². The topological polar surface area (TPSA) is 77.1 Å². The van der Waals surface area contributed by atoms with Gasteiger partial charge < -0.3 is 5.32 Å². The maximum absolute atomic E-state index is 14.0. The van der Waals surface area contributed by atoms with Gasteiger partial charge in [-0.25, -0.2) is 9.50 Å². The molecule has 0 unspecified atom stereocenters. The molecule has 6 aromatic rings. The lowest BCUT2D eigenvalue weighted by Crippen LogP contribution is -2.16. The predicted molar refractivity (Wildman–Crippen MR) is 147 cm³/mol. The highest BCUT2D eigenvalue weighted by molar-refractivity contribution is 6.42. The molecule has 3 aromatic carbocycles. The summed E-state index contributed by atoms with van der Waals surface area (Å²) in [5.74, 6) is -0.534. The van der Waals surface area contributed by atoms with Crippen LogP contribution in [-0.4, -0.2) is 30.3 Å². The lowest BCUT2D eigenvalue weighted by Gasteiger charge is -2.11. The van der Waals surface area contributed by atoms with Crippen molar-refractivity contribution in [1.82, 2.24) is 24.4 Å². The first-order valence-electron chi connectivity index (χ1n) is 11.9. The number of hydrogen-bond donors (Lipinski definition) is 1. The van der Waals surface area contributed by atoms with Crippen LogP contribution < -0.4 is 5.32 Å². The summed E-state index contributed by atoms with van der Waals surface area (Å²) >= 11 is 12.0. The van der Waals surface area contributed by atoms with E-state index in [4.69, 9.17) is 23.2 Å². The van der Waals surface area contributed by atoms with Gasteiger partial charge in [0, 0.05) is 23.9 Å². The summed E-state index contributed by atoms with van der Waals surface area (Å²) in [7, 11) is 0. The third-order valence-corrected chi connectivity index (χ3v) is 6.95. The second-order valence-corrected chi connectivity index (χ2v) is 9.80. The van der Waals surface area contributed by atoms with E-state index in [1.54, 1.807) is 47.3 Å². The van der Waals surface area contributed by atoms with Crippen molar-refractivity contribution >= 4 is 51.3 Å². The Morgan fingerprint density at radius 1 is 0.875 bits per heavy atom. The lowest BCUT2D eigenvalue weighted by molar-refractivity contribution is -0.142. The second kappa shape index (κ2) is 9.96. The summed E-state index contributed by atoms with van der Waals surface area (Å²) < 4.78 is 44.3. The summed E-state index contributed by atoms with van der Waals surface area (Å²) in [6.45, 7) is 0.359. The van der Waals surface area contributed by atoms with Crippen LogP contribution in [0.4, 0.5) is 19.0 Å². The molecule has 200 valence electrons. The van der Waals surface area contributed by atoms with Crippen molar-refractivity contribution in [1.29, 1.82) is 0 Å². The molecular formula is C28H17Cl2F3N6O. The minimum Gasteiger partial charge on any atom is -0.304 e. The van der Waals surface area contributed by atoms with Gasteiger partial charge >= 0.3 is 6.18 Å². The first-order chi connectivity index (χ1) is 19.1. The molecule has 0 aliphatic rings. The predicted octanol–water partition coefficient (Wildman–Crippen LogP) is 7.37. The van der Waals surface area contributed by atoms with Crippen molar-refractivity contribution in [3.05, 3.63) is 112 Å². The highest BCUT2D eigenvalue weighted by Gasteiger charge is 2.35. The van der Waals surface area contributed by atoms with E-state index >= 15 is 0 Å². The highest BCUT2D eigenvalue weighted by Crippen LogP contribution is 2.33. The lowest BCUT2D eigenvalue weighted by atomic mass is 10.0. The molecule has 0 atom stereocenters. The van der Waals surface area contributed by atoms with Gasteiger partial charge in [-0.05, 0) is 40.6 Å². The van der Waals surface area contributed by atoms with Crippen molar-refractivity contribution in [2.45, 2.75) is 12.7 Å². The average Bonchev–Trinajstić information content (AvgIpc) is 3.56. The number of hydrogen-bond acceptors (Lipinski definition) is 4. The number of alkyl halides is 3. The molecule has 6 rings (SSSR count). The SMILES string of the molecule is O=C(Nc1ccn(Cc2ccc(Cl)c(Cl)c2)n1)c1cc2nc(-c3ccc4ccccc4c3)cc(C(F)(F)F)n2n1. The van der Waals surface area contributed by atoms with Crippen molar-refractivity contribution in [3.8, 4) is 11.3 Å². The Bertz CT molecular complexity index is 1910. The molecule has 0 saturated heterocycles. The molecule has 0 aliphatic carbocycles. The zero-order chi connectivity index (χ0) is 28.0. The average molecular weight is 581 g/mol.